The van der Waals surface area contributed by atoms with Crippen molar-refractivity contribution in [2.75, 3.05) is 28.3 Å². The molecule has 102 valence electrons. The summed E-state index contributed by atoms with van der Waals surface area (Å²) in [6.45, 7) is 0.867. The first-order valence-electron chi connectivity index (χ1n) is 7.08. The van der Waals surface area contributed by atoms with Gasteiger partial charge in [0.05, 0.1) is 0 Å². The third-order valence-electron chi connectivity index (χ3n) is 3.84. The standard InChI is InChI=1S/C15H20N2OS/c18-15-2-1-9-17(15)14-5-3-12(4-6-14)16-13-7-10-19-11-8-13/h3-6,13,16H,1-2,7-11H2. The molecule has 1 aromatic rings. The summed E-state index contributed by atoms with van der Waals surface area (Å²) in [4.78, 5) is 13.6. The maximum atomic E-state index is 11.7. The predicted molar refractivity (Wildman–Crippen MR) is 82.0 cm³/mol. The summed E-state index contributed by atoms with van der Waals surface area (Å²) in [7, 11) is 0. The molecule has 0 atom stereocenters. The smallest absolute Gasteiger partial charge is 0.227 e. The average Bonchev–Trinajstić information content (AvgIpc) is 2.87. The molecule has 0 radical (unpaired) electrons. The lowest BCUT2D eigenvalue weighted by Crippen LogP contribution is -2.25. The summed E-state index contributed by atoms with van der Waals surface area (Å²) >= 11 is 2.04. The molecule has 2 heterocycles. The SMILES string of the molecule is O=C1CCCN1c1ccc(NC2CCSCC2)cc1. The van der Waals surface area contributed by atoms with Crippen LogP contribution in [0.5, 0.6) is 0 Å². The minimum absolute atomic E-state index is 0.255. The van der Waals surface area contributed by atoms with Crippen LogP contribution in [0.1, 0.15) is 25.7 Å². The Hall–Kier alpha value is -1.16. The first kappa shape index (κ1) is 12.9. The predicted octanol–water partition coefficient (Wildman–Crippen LogP) is 3.12. The van der Waals surface area contributed by atoms with Crippen molar-refractivity contribution in [2.45, 2.75) is 31.7 Å². The zero-order chi connectivity index (χ0) is 13.1. The molecule has 0 aliphatic carbocycles. The topological polar surface area (TPSA) is 32.3 Å². The molecule has 19 heavy (non-hydrogen) atoms. The van der Waals surface area contributed by atoms with Gasteiger partial charge < -0.3 is 10.2 Å². The number of nitrogens with zero attached hydrogens (tertiary/aromatic N) is 1. The maximum Gasteiger partial charge on any atom is 0.227 e. The van der Waals surface area contributed by atoms with Gasteiger partial charge in [-0.25, -0.2) is 0 Å². The monoisotopic (exact) mass is 276 g/mol. The second-order valence-corrected chi connectivity index (χ2v) is 6.45. The van der Waals surface area contributed by atoms with Gasteiger partial charge in [-0.2, -0.15) is 11.8 Å². The number of thioether (sulfide) groups is 1. The molecule has 1 aromatic carbocycles. The molecule has 0 spiro atoms. The Morgan fingerprint density at radius 3 is 2.53 bits per heavy atom. The molecule has 2 saturated heterocycles. The van der Waals surface area contributed by atoms with E-state index < -0.39 is 0 Å². The number of nitrogens with one attached hydrogen (secondary N) is 1. The Labute approximate surface area is 118 Å². The van der Waals surface area contributed by atoms with Crippen LogP contribution < -0.4 is 10.2 Å². The summed E-state index contributed by atoms with van der Waals surface area (Å²) in [6.07, 6.45) is 4.17. The second-order valence-electron chi connectivity index (χ2n) is 5.23. The van der Waals surface area contributed by atoms with Crippen molar-refractivity contribution < 1.29 is 4.79 Å². The van der Waals surface area contributed by atoms with Crippen LogP contribution in [-0.2, 0) is 4.79 Å². The van der Waals surface area contributed by atoms with E-state index in [0.717, 1.165) is 18.7 Å². The maximum absolute atomic E-state index is 11.7. The van der Waals surface area contributed by atoms with Crippen LogP contribution in [0.3, 0.4) is 0 Å². The summed E-state index contributed by atoms with van der Waals surface area (Å²) < 4.78 is 0. The van der Waals surface area contributed by atoms with Gasteiger partial charge in [-0.1, -0.05) is 0 Å². The van der Waals surface area contributed by atoms with Crippen LogP contribution in [0.15, 0.2) is 24.3 Å². The molecule has 0 bridgehead atoms. The largest absolute Gasteiger partial charge is 0.382 e. The minimum Gasteiger partial charge on any atom is -0.382 e. The van der Waals surface area contributed by atoms with Crippen molar-refractivity contribution in [3.63, 3.8) is 0 Å². The summed E-state index contributed by atoms with van der Waals surface area (Å²) in [5.41, 5.74) is 2.21. The van der Waals surface area contributed by atoms with Crippen molar-refractivity contribution in [1.29, 1.82) is 0 Å². The number of carbonyl (C=O) groups is 1. The van der Waals surface area contributed by atoms with Crippen LogP contribution in [0.2, 0.25) is 0 Å². The highest BCUT2D eigenvalue weighted by atomic mass is 32.2. The number of rotatable bonds is 3. The minimum atomic E-state index is 0.255. The molecule has 0 unspecified atom stereocenters. The van der Waals surface area contributed by atoms with Crippen molar-refractivity contribution in [2.24, 2.45) is 0 Å². The Balaban J connectivity index is 1.63. The fraction of sp³-hybridized carbons (Fsp3) is 0.533. The van der Waals surface area contributed by atoms with Crippen molar-refractivity contribution in [1.82, 2.24) is 0 Å². The van der Waals surface area contributed by atoms with E-state index in [1.54, 1.807) is 0 Å². The Bertz CT molecular complexity index is 440. The van der Waals surface area contributed by atoms with Gasteiger partial charge in [0.15, 0.2) is 0 Å². The van der Waals surface area contributed by atoms with Crippen LogP contribution in [0.4, 0.5) is 11.4 Å². The number of amides is 1. The van der Waals surface area contributed by atoms with Crippen LogP contribution in [0, 0.1) is 0 Å². The van der Waals surface area contributed by atoms with Gasteiger partial charge >= 0.3 is 0 Å². The number of benzene rings is 1. The molecule has 1 N–H and O–H groups in total. The van der Waals surface area contributed by atoms with Gasteiger partial charge in [0.25, 0.3) is 0 Å². The highest BCUT2D eigenvalue weighted by Crippen LogP contribution is 2.25. The number of hydrogen-bond donors (Lipinski definition) is 1. The molecule has 2 aliphatic heterocycles. The molecular formula is C15H20N2OS. The van der Waals surface area contributed by atoms with Crippen molar-refractivity contribution in [3.05, 3.63) is 24.3 Å². The third kappa shape index (κ3) is 3.06. The van der Waals surface area contributed by atoms with E-state index in [2.05, 4.69) is 29.6 Å². The molecular weight excluding hydrogens is 256 g/mol. The quantitative estimate of drug-likeness (QED) is 0.920. The zero-order valence-corrected chi connectivity index (χ0v) is 11.9. The average molecular weight is 276 g/mol. The van der Waals surface area contributed by atoms with Gasteiger partial charge in [-0.3, -0.25) is 4.79 Å². The molecule has 0 saturated carbocycles. The van der Waals surface area contributed by atoms with Crippen molar-refractivity contribution >= 4 is 29.0 Å². The van der Waals surface area contributed by atoms with E-state index in [9.17, 15) is 4.79 Å². The molecule has 3 nitrogen and oxygen atoms in total. The molecule has 3 rings (SSSR count). The van der Waals surface area contributed by atoms with E-state index in [0.29, 0.717) is 12.5 Å². The zero-order valence-electron chi connectivity index (χ0n) is 11.1. The highest BCUT2D eigenvalue weighted by molar-refractivity contribution is 7.99. The lowest BCUT2D eigenvalue weighted by molar-refractivity contribution is -0.117. The van der Waals surface area contributed by atoms with E-state index >= 15 is 0 Å². The summed E-state index contributed by atoms with van der Waals surface area (Å²) in [5, 5.41) is 3.59. The summed E-state index contributed by atoms with van der Waals surface area (Å²) in [5.74, 6) is 2.78. The molecule has 1 amide bonds. The third-order valence-corrected chi connectivity index (χ3v) is 4.89. The van der Waals surface area contributed by atoms with Crippen molar-refractivity contribution in [3.8, 4) is 0 Å². The Kier molecular flexibility index (Phi) is 3.97. The van der Waals surface area contributed by atoms with E-state index in [1.807, 2.05) is 16.7 Å². The lowest BCUT2D eigenvalue weighted by atomic mass is 10.1. The van der Waals surface area contributed by atoms with Gasteiger partial charge in [0.2, 0.25) is 5.91 Å². The fourth-order valence-electron chi connectivity index (χ4n) is 2.74. The summed E-state index contributed by atoms with van der Waals surface area (Å²) in [6, 6.07) is 8.93. The number of anilines is 2. The second kappa shape index (κ2) is 5.87. The fourth-order valence-corrected chi connectivity index (χ4v) is 3.84. The molecule has 2 aliphatic rings. The van der Waals surface area contributed by atoms with Gasteiger partial charge in [-0.05, 0) is 55.0 Å². The van der Waals surface area contributed by atoms with E-state index in [-0.39, 0.29) is 5.91 Å². The Morgan fingerprint density at radius 2 is 1.89 bits per heavy atom. The molecule has 4 heteroatoms. The Morgan fingerprint density at radius 1 is 1.16 bits per heavy atom. The van der Waals surface area contributed by atoms with Gasteiger partial charge in [0.1, 0.15) is 0 Å². The lowest BCUT2D eigenvalue weighted by Gasteiger charge is -2.24. The van der Waals surface area contributed by atoms with E-state index in [4.69, 9.17) is 0 Å². The normalized spacial score (nSPS) is 20.8. The van der Waals surface area contributed by atoms with Gasteiger partial charge in [-0.15, -0.1) is 0 Å². The number of hydrogen-bond acceptors (Lipinski definition) is 3. The van der Waals surface area contributed by atoms with Crippen LogP contribution >= 0.6 is 11.8 Å². The van der Waals surface area contributed by atoms with Crippen LogP contribution in [0.25, 0.3) is 0 Å². The van der Waals surface area contributed by atoms with E-state index in [1.165, 1.54) is 30.0 Å². The molecule has 2 fully saturated rings. The molecule has 0 aromatic heterocycles. The van der Waals surface area contributed by atoms with Gasteiger partial charge in [0, 0.05) is 30.4 Å². The first-order chi connectivity index (χ1) is 9.33. The highest BCUT2D eigenvalue weighted by Gasteiger charge is 2.21. The van der Waals surface area contributed by atoms with Crippen LogP contribution in [-0.4, -0.2) is 30.0 Å². The first-order valence-corrected chi connectivity index (χ1v) is 8.23. The number of carbonyl (C=O) groups excluding carboxylic acids is 1.